The minimum atomic E-state index is -3.39. The minimum Gasteiger partial charge on any atom is -0.485 e. The van der Waals surface area contributed by atoms with Crippen LogP contribution in [0, 0.1) is 0 Å². The van der Waals surface area contributed by atoms with Gasteiger partial charge in [-0.3, -0.25) is 9.59 Å². The lowest BCUT2D eigenvalue weighted by Gasteiger charge is -2.39. The van der Waals surface area contributed by atoms with Gasteiger partial charge in [0, 0.05) is 6.04 Å². The first kappa shape index (κ1) is 18.7. The molecule has 0 radical (unpaired) electrons. The Morgan fingerprint density at radius 2 is 2.00 bits per heavy atom. The van der Waals surface area contributed by atoms with Crippen LogP contribution in [-0.4, -0.2) is 51.2 Å². The molecule has 26 heavy (non-hydrogen) atoms. The fourth-order valence-corrected chi connectivity index (χ4v) is 3.78. The van der Waals surface area contributed by atoms with Crippen LogP contribution in [0.5, 0.6) is 5.75 Å². The lowest BCUT2D eigenvalue weighted by molar-refractivity contribution is -0.121. The van der Waals surface area contributed by atoms with E-state index in [2.05, 4.69) is 15.4 Å². The number of sulfonamides is 1. The third-order valence-electron chi connectivity index (χ3n) is 4.79. The maximum absolute atomic E-state index is 12.2. The molecule has 1 aliphatic carbocycles. The largest absolute Gasteiger partial charge is 0.485 e. The highest BCUT2D eigenvalue weighted by Crippen LogP contribution is 2.36. The summed E-state index contributed by atoms with van der Waals surface area (Å²) in [5.74, 6) is 0.0962. The molecule has 2 aliphatic rings. The zero-order chi connectivity index (χ0) is 18.8. The summed E-state index contributed by atoms with van der Waals surface area (Å²) in [6.45, 7) is 0.164. The van der Waals surface area contributed by atoms with Crippen molar-refractivity contribution in [2.45, 2.75) is 37.3 Å². The van der Waals surface area contributed by atoms with E-state index in [1.54, 1.807) is 18.2 Å². The molecule has 1 fully saturated rings. The zero-order valence-electron chi connectivity index (χ0n) is 14.6. The van der Waals surface area contributed by atoms with Gasteiger partial charge in [-0.15, -0.1) is 0 Å². The number of ether oxygens (including phenoxy) is 1. The summed E-state index contributed by atoms with van der Waals surface area (Å²) in [5.41, 5.74) is 0.0563. The summed E-state index contributed by atoms with van der Waals surface area (Å²) in [4.78, 5) is 24.1. The Labute approximate surface area is 152 Å². The molecule has 0 bridgehead atoms. The van der Waals surface area contributed by atoms with Crippen molar-refractivity contribution in [3.8, 4) is 5.75 Å². The van der Waals surface area contributed by atoms with Crippen LogP contribution in [-0.2, 0) is 14.8 Å². The van der Waals surface area contributed by atoms with Gasteiger partial charge in [-0.1, -0.05) is 12.1 Å². The van der Waals surface area contributed by atoms with Crippen molar-refractivity contribution in [3.05, 3.63) is 29.8 Å². The highest BCUT2D eigenvalue weighted by atomic mass is 32.2. The summed E-state index contributed by atoms with van der Waals surface area (Å²) >= 11 is 0. The maximum Gasteiger partial charge on any atom is 0.255 e. The third-order valence-corrected chi connectivity index (χ3v) is 5.45. The molecule has 1 aromatic rings. The molecule has 9 heteroatoms. The second-order valence-electron chi connectivity index (χ2n) is 6.90. The lowest BCUT2D eigenvalue weighted by atomic mass is 9.81. The Kier molecular flexibility index (Phi) is 5.19. The molecule has 3 N–H and O–H groups in total. The lowest BCUT2D eigenvalue weighted by Crippen LogP contribution is -2.52. The van der Waals surface area contributed by atoms with Crippen LogP contribution in [0.1, 0.15) is 36.0 Å². The number of carbonyl (C=O) groups is 2. The second kappa shape index (κ2) is 7.24. The molecule has 1 heterocycles. The maximum atomic E-state index is 12.2. The standard InChI is InChI=1S/C17H23N3O5S/c1-26(23,24)19-10-15(21)20-12-6-8-17(9-7-12)11-18-16(22)13-4-2-3-5-14(13)25-17/h2-5,12,19H,6-11H2,1H3,(H,18,22)(H,20,21). The molecule has 0 saturated heterocycles. The Hall–Kier alpha value is -2.13. The molecule has 0 unspecified atom stereocenters. The van der Waals surface area contributed by atoms with E-state index in [1.165, 1.54) is 0 Å². The first-order valence-electron chi connectivity index (χ1n) is 8.57. The molecular formula is C17H23N3O5S. The summed E-state index contributed by atoms with van der Waals surface area (Å²) in [7, 11) is -3.39. The SMILES string of the molecule is CS(=O)(=O)NCC(=O)NC1CCC2(CC1)CNC(=O)c1ccccc1O2. The van der Waals surface area contributed by atoms with Crippen molar-refractivity contribution >= 4 is 21.8 Å². The van der Waals surface area contributed by atoms with Gasteiger partial charge in [0.15, 0.2) is 0 Å². The highest BCUT2D eigenvalue weighted by molar-refractivity contribution is 7.88. The number of hydrogen-bond donors (Lipinski definition) is 3. The van der Waals surface area contributed by atoms with Gasteiger partial charge in [0.1, 0.15) is 11.4 Å². The molecule has 2 amide bonds. The summed E-state index contributed by atoms with van der Waals surface area (Å²) in [6.07, 6.45) is 3.78. The van der Waals surface area contributed by atoms with Crippen LogP contribution in [0.3, 0.4) is 0 Å². The Bertz CT molecular complexity index is 800. The minimum absolute atomic E-state index is 0.0349. The first-order valence-corrected chi connectivity index (χ1v) is 10.5. The predicted octanol–water partition coefficient (Wildman–Crippen LogP) is 0.156. The molecule has 0 atom stereocenters. The van der Waals surface area contributed by atoms with Gasteiger partial charge in [0.05, 0.1) is 24.9 Å². The molecular weight excluding hydrogens is 358 g/mol. The molecule has 1 aliphatic heterocycles. The van der Waals surface area contributed by atoms with E-state index in [1.807, 2.05) is 6.07 Å². The Morgan fingerprint density at radius 3 is 2.69 bits per heavy atom. The highest BCUT2D eigenvalue weighted by Gasteiger charge is 2.40. The van der Waals surface area contributed by atoms with E-state index >= 15 is 0 Å². The average Bonchev–Trinajstić information content (AvgIpc) is 2.73. The van der Waals surface area contributed by atoms with Gasteiger partial charge in [0.2, 0.25) is 15.9 Å². The molecule has 8 nitrogen and oxygen atoms in total. The van der Waals surface area contributed by atoms with Crippen LogP contribution >= 0.6 is 0 Å². The monoisotopic (exact) mass is 381 g/mol. The fourth-order valence-electron chi connectivity index (χ4n) is 3.39. The van der Waals surface area contributed by atoms with Crippen molar-refractivity contribution < 1.29 is 22.7 Å². The Morgan fingerprint density at radius 1 is 1.31 bits per heavy atom. The van der Waals surface area contributed by atoms with Crippen molar-refractivity contribution in [2.75, 3.05) is 19.3 Å². The number of para-hydroxylation sites is 1. The summed E-state index contributed by atoms with van der Waals surface area (Å²) < 4.78 is 30.5. The van der Waals surface area contributed by atoms with Crippen LogP contribution in [0.25, 0.3) is 0 Å². The van der Waals surface area contributed by atoms with Gasteiger partial charge in [-0.05, 0) is 37.8 Å². The average molecular weight is 381 g/mol. The van der Waals surface area contributed by atoms with E-state index in [-0.39, 0.29) is 24.4 Å². The molecule has 1 spiro atoms. The van der Waals surface area contributed by atoms with Gasteiger partial charge in [-0.2, -0.15) is 0 Å². The molecule has 1 aromatic carbocycles. The number of hydrogen-bond acceptors (Lipinski definition) is 5. The van der Waals surface area contributed by atoms with Crippen LogP contribution in [0.4, 0.5) is 0 Å². The van der Waals surface area contributed by atoms with E-state index in [9.17, 15) is 18.0 Å². The topological polar surface area (TPSA) is 114 Å². The van der Waals surface area contributed by atoms with Crippen LogP contribution < -0.4 is 20.1 Å². The third kappa shape index (κ3) is 4.53. The van der Waals surface area contributed by atoms with Gasteiger partial charge < -0.3 is 15.4 Å². The van der Waals surface area contributed by atoms with Gasteiger partial charge in [-0.25, -0.2) is 13.1 Å². The number of nitrogens with one attached hydrogen (secondary N) is 3. The van der Waals surface area contributed by atoms with E-state index in [0.29, 0.717) is 43.5 Å². The molecule has 3 rings (SSSR count). The van der Waals surface area contributed by atoms with E-state index < -0.39 is 15.6 Å². The number of carbonyl (C=O) groups excluding carboxylic acids is 2. The number of fused-ring (bicyclic) bond motifs is 1. The normalized spacial score (nSPS) is 25.6. The first-order chi connectivity index (χ1) is 12.3. The summed E-state index contributed by atoms with van der Waals surface area (Å²) in [6, 6.07) is 7.15. The van der Waals surface area contributed by atoms with Crippen LogP contribution in [0.15, 0.2) is 24.3 Å². The van der Waals surface area contributed by atoms with E-state index in [4.69, 9.17) is 4.74 Å². The van der Waals surface area contributed by atoms with Crippen molar-refractivity contribution in [2.24, 2.45) is 0 Å². The number of benzene rings is 1. The summed E-state index contributed by atoms with van der Waals surface area (Å²) in [5, 5.41) is 5.77. The van der Waals surface area contributed by atoms with Crippen molar-refractivity contribution in [3.63, 3.8) is 0 Å². The zero-order valence-corrected chi connectivity index (χ0v) is 15.4. The smallest absolute Gasteiger partial charge is 0.255 e. The molecule has 0 aromatic heterocycles. The van der Waals surface area contributed by atoms with Crippen molar-refractivity contribution in [1.82, 2.24) is 15.4 Å². The quantitative estimate of drug-likeness (QED) is 0.687. The number of rotatable bonds is 4. The van der Waals surface area contributed by atoms with Gasteiger partial charge in [0.25, 0.3) is 5.91 Å². The molecule has 142 valence electrons. The molecule has 1 saturated carbocycles. The van der Waals surface area contributed by atoms with Crippen molar-refractivity contribution in [1.29, 1.82) is 0 Å². The Balaban J connectivity index is 1.58. The second-order valence-corrected chi connectivity index (χ2v) is 8.73. The fraction of sp³-hybridized carbons (Fsp3) is 0.529. The van der Waals surface area contributed by atoms with Gasteiger partial charge >= 0.3 is 0 Å². The predicted molar refractivity (Wildman–Crippen MR) is 95.4 cm³/mol. The van der Waals surface area contributed by atoms with E-state index in [0.717, 1.165) is 6.26 Å². The van der Waals surface area contributed by atoms with Crippen LogP contribution in [0.2, 0.25) is 0 Å². The number of amides is 2.